The van der Waals surface area contributed by atoms with Gasteiger partial charge in [0.15, 0.2) is 0 Å². The predicted molar refractivity (Wildman–Crippen MR) is 95.9 cm³/mol. The van der Waals surface area contributed by atoms with Crippen LogP contribution in [-0.4, -0.2) is 17.5 Å². The molecule has 4 rings (SSSR count). The molecule has 4 fully saturated rings. The van der Waals surface area contributed by atoms with Gasteiger partial charge in [-0.25, -0.2) is 4.79 Å². The van der Waals surface area contributed by atoms with Crippen molar-refractivity contribution in [2.24, 2.45) is 38.1 Å². The lowest BCUT2D eigenvalue weighted by atomic mass is 9.65. The first-order valence-electron chi connectivity index (χ1n) is 9.75. The number of oxime groups is 1. The van der Waals surface area contributed by atoms with Crippen LogP contribution in [0.15, 0.2) is 5.16 Å². The van der Waals surface area contributed by atoms with Gasteiger partial charge in [0.05, 0.1) is 11.1 Å². The molecule has 0 heterocycles. The molecule has 0 aliphatic heterocycles. The summed E-state index contributed by atoms with van der Waals surface area (Å²) in [4.78, 5) is 31.2. The summed E-state index contributed by atoms with van der Waals surface area (Å²) in [5.41, 5.74) is -0.185. The first-order valence-corrected chi connectivity index (χ1v) is 9.75. The third kappa shape index (κ3) is 1.67. The maximum absolute atomic E-state index is 13.1. The van der Waals surface area contributed by atoms with E-state index in [0.717, 1.165) is 31.4 Å². The largest absolute Gasteiger partial charge is 0.342 e. The number of carbonyl (C=O) groups excluding carboxylic acids is 2. The van der Waals surface area contributed by atoms with Crippen molar-refractivity contribution in [2.75, 3.05) is 0 Å². The molecular weight excluding hydrogens is 314 g/mol. The lowest BCUT2D eigenvalue weighted by molar-refractivity contribution is -0.162. The summed E-state index contributed by atoms with van der Waals surface area (Å²) in [5, 5.41) is 4.40. The van der Waals surface area contributed by atoms with Crippen molar-refractivity contribution in [3.05, 3.63) is 0 Å². The standard InChI is InChI=1S/C21H31NO3/c1-17(2)13-7-8-19(17,5)14(11-13)22-25-16(24)21-10-9-20(6,15(23)12-21)18(21,3)4/h13H,7-12H2,1-6H3/b22-14+/t13-,19-,20-,21+/m1/s1. The minimum atomic E-state index is -0.697. The van der Waals surface area contributed by atoms with E-state index in [1.807, 2.05) is 6.92 Å². The molecule has 0 saturated heterocycles. The Kier molecular flexibility index (Phi) is 3.14. The highest BCUT2D eigenvalue weighted by molar-refractivity contribution is 5.98. The van der Waals surface area contributed by atoms with E-state index in [9.17, 15) is 9.59 Å². The average molecular weight is 345 g/mol. The molecule has 4 saturated carbocycles. The topological polar surface area (TPSA) is 55.7 Å². The zero-order chi connectivity index (χ0) is 18.5. The summed E-state index contributed by atoms with van der Waals surface area (Å²) < 4.78 is 0. The molecule has 4 aliphatic rings. The Bertz CT molecular complexity index is 706. The molecule has 4 aliphatic carbocycles. The van der Waals surface area contributed by atoms with Crippen LogP contribution < -0.4 is 0 Å². The van der Waals surface area contributed by atoms with Crippen LogP contribution in [0, 0.1) is 33.0 Å². The molecule has 0 spiro atoms. The van der Waals surface area contributed by atoms with Gasteiger partial charge in [-0.05, 0) is 48.9 Å². The zero-order valence-electron chi connectivity index (χ0n) is 16.5. The van der Waals surface area contributed by atoms with Gasteiger partial charge < -0.3 is 4.84 Å². The van der Waals surface area contributed by atoms with E-state index in [1.54, 1.807) is 0 Å². The SMILES string of the molecule is CC1(C)[C@@]2(C(=O)O/N=C3\C[C@H]4CC[C@@]3(C)C4(C)C)CC[C@]1(C)C(=O)C2. The normalized spacial score (nSPS) is 47.7. The van der Waals surface area contributed by atoms with E-state index in [-0.39, 0.29) is 28.0 Å². The highest BCUT2D eigenvalue weighted by Crippen LogP contribution is 2.71. The molecule has 0 aromatic rings. The second-order valence-electron chi connectivity index (χ2n) is 10.5. The van der Waals surface area contributed by atoms with Crippen molar-refractivity contribution in [2.45, 2.75) is 80.1 Å². The highest BCUT2D eigenvalue weighted by Gasteiger charge is 2.73. The van der Waals surface area contributed by atoms with E-state index in [0.29, 0.717) is 12.3 Å². The lowest BCUT2D eigenvalue weighted by Gasteiger charge is -2.37. The Morgan fingerprint density at radius 3 is 2.16 bits per heavy atom. The van der Waals surface area contributed by atoms with Crippen LogP contribution >= 0.6 is 0 Å². The quantitative estimate of drug-likeness (QED) is 0.546. The number of rotatable bonds is 2. The van der Waals surface area contributed by atoms with Crippen molar-refractivity contribution in [3.63, 3.8) is 0 Å². The van der Waals surface area contributed by atoms with Gasteiger partial charge in [-0.15, -0.1) is 0 Å². The minimum Gasteiger partial charge on any atom is -0.318 e. The average Bonchev–Trinajstić information content (AvgIpc) is 3.02. The molecule has 0 aromatic heterocycles. The molecule has 0 amide bonds. The maximum atomic E-state index is 13.1. The Morgan fingerprint density at radius 2 is 1.72 bits per heavy atom. The molecule has 4 nitrogen and oxygen atoms in total. The van der Waals surface area contributed by atoms with E-state index >= 15 is 0 Å². The van der Waals surface area contributed by atoms with Gasteiger partial charge in [-0.1, -0.05) is 46.7 Å². The Morgan fingerprint density at radius 1 is 1.04 bits per heavy atom. The van der Waals surface area contributed by atoms with E-state index in [2.05, 4.69) is 39.8 Å². The van der Waals surface area contributed by atoms with Gasteiger partial charge in [0, 0.05) is 17.3 Å². The molecule has 0 radical (unpaired) electrons. The van der Waals surface area contributed by atoms with Gasteiger partial charge in [0.25, 0.3) is 0 Å². The number of nitrogens with zero attached hydrogens (tertiary/aromatic N) is 1. The fourth-order valence-electron chi connectivity index (χ4n) is 6.56. The molecule has 0 N–H and O–H groups in total. The summed E-state index contributed by atoms with van der Waals surface area (Å²) in [7, 11) is 0. The van der Waals surface area contributed by atoms with Crippen LogP contribution in [0.3, 0.4) is 0 Å². The predicted octanol–water partition coefficient (Wildman–Crippen LogP) is 4.52. The van der Waals surface area contributed by atoms with Gasteiger partial charge in [-0.2, -0.15) is 0 Å². The molecule has 138 valence electrons. The van der Waals surface area contributed by atoms with Crippen LogP contribution in [0.5, 0.6) is 0 Å². The van der Waals surface area contributed by atoms with Gasteiger partial charge in [0.1, 0.15) is 5.78 Å². The monoisotopic (exact) mass is 345 g/mol. The second kappa shape index (κ2) is 4.55. The van der Waals surface area contributed by atoms with Gasteiger partial charge >= 0.3 is 5.97 Å². The highest BCUT2D eigenvalue weighted by atomic mass is 16.7. The number of carbonyl (C=O) groups is 2. The lowest BCUT2D eigenvalue weighted by Crippen LogP contribution is -2.41. The first-order chi connectivity index (χ1) is 11.4. The third-order valence-electron chi connectivity index (χ3n) is 9.85. The van der Waals surface area contributed by atoms with E-state index < -0.39 is 10.8 Å². The Balaban J connectivity index is 1.60. The van der Waals surface area contributed by atoms with Crippen LogP contribution in [0.25, 0.3) is 0 Å². The fraction of sp³-hybridized carbons (Fsp3) is 0.857. The van der Waals surface area contributed by atoms with Crippen molar-refractivity contribution < 1.29 is 14.4 Å². The summed E-state index contributed by atoms with van der Waals surface area (Å²) in [6, 6.07) is 0. The smallest absolute Gasteiger partial charge is 0.318 e. The molecule has 0 unspecified atom stereocenters. The van der Waals surface area contributed by atoms with E-state index in [1.165, 1.54) is 6.42 Å². The summed E-state index contributed by atoms with van der Waals surface area (Å²) >= 11 is 0. The number of Topliss-reactive ketones (excluding diaryl/α,β-unsaturated/α-hetero) is 1. The van der Waals surface area contributed by atoms with Crippen LogP contribution in [0.2, 0.25) is 0 Å². The molecule has 0 aromatic carbocycles. The Hall–Kier alpha value is -1.19. The van der Waals surface area contributed by atoms with Crippen LogP contribution in [0.1, 0.15) is 80.1 Å². The van der Waals surface area contributed by atoms with Crippen molar-refractivity contribution in [1.82, 2.24) is 0 Å². The first kappa shape index (κ1) is 17.2. The molecule has 25 heavy (non-hydrogen) atoms. The summed E-state index contributed by atoms with van der Waals surface area (Å²) in [5.74, 6) is 0.553. The van der Waals surface area contributed by atoms with E-state index in [4.69, 9.17) is 4.84 Å². The van der Waals surface area contributed by atoms with Crippen LogP contribution in [0.4, 0.5) is 0 Å². The van der Waals surface area contributed by atoms with Gasteiger partial charge in [-0.3, -0.25) is 4.79 Å². The Labute approximate surface area is 150 Å². The molecule has 4 atom stereocenters. The van der Waals surface area contributed by atoms with Gasteiger partial charge in [0.2, 0.25) is 0 Å². The maximum Gasteiger partial charge on any atom is 0.342 e. The van der Waals surface area contributed by atoms with Crippen molar-refractivity contribution in [3.8, 4) is 0 Å². The van der Waals surface area contributed by atoms with Crippen LogP contribution in [-0.2, 0) is 14.4 Å². The third-order valence-corrected chi connectivity index (χ3v) is 9.85. The fourth-order valence-corrected chi connectivity index (χ4v) is 6.56. The van der Waals surface area contributed by atoms with Crippen molar-refractivity contribution >= 4 is 17.5 Å². The molecule has 4 heteroatoms. The van der Waals surface area contributed by atoms with Crippen molar-refractivity contribution in [1.29, 1.82) is 0 Å². The summed E-state index contributed by atoms with van der Waals surface area (Å²) in [6.07, 6.45) is 5.11. The number of fused-ring (bicyclic) bond motifs is 4. The number of ketones is 1. The molecular formula is C21H31NO3. The molecule has 4 bridgehead atoms. The summed E-state index contributed by atoms with van der Waals surface area (Å²) in [6.45, 7) is 13.0. The zero-order valence-corrected chi connectivity index (χ0v) is 16.5. The number of hydrogen-bond acceptors (Lipinski definition) is 4. The minimum absolute atomic E-state index is 0.0286. The number of hydrogen-bond donors (Lipinski definition) is 0. The second-order valence-corrected chi connectivity index (χ2v) is 10.5.